The fourth-order valence-corrected chi connectivity index (χ4v) is 3.16. The van der Waals surface area contributed by atoms with Gasteiger partial charge in [-0.05, 0) is 29.8 Å². The Balaban J connectivity index is 2.04. The first kappa shape index (κ1) is 18.9. The number of hydrogen-bond acceptors (Lipinski definition) is 4. The molecule has 25 heavy (non-hydrogen) atoms. The second kappa shape index (κ2) is 7.66. The van der Waals surface area contributed by atoms with Crippen LogP contribution in [0.3, 0.4) is 0 Å². The van der Waals surface area contributed by atoms with Gasteiger partial charge in [0, 0.05) is 33.0 Å². The minimum Gasteiger partial charge on any atom is -0.340 e. The third kappa shape index (κ3) is 4.58. The fourth-order valence-electron chi connectivity index (χ4n) is 2.08. The summed E-state index contributed by atoms with van der Waals surface area (Å²) in [5.74, 6) is -2.46. The molecule has 1 aromatic heterocycles. The topological polar surface area (TPSA) is 70.6 Å². The lowest BCUT2D eigenvalue weighted by Crippen LogP contribution is -2.39. The third-order valence-electron chi connectivity index (χ3n) is 3.53. The molecule has 0 spiro atoms. The van der Waals surface area contributed by atoms with E-state index in [1.165, 1.54) is 49.6 Å². The van der Waals surface area contributed by atoms with Crippen LogP contribution in [0.15, 0.2) is 47.6 Å². The average Bonchev–Trinajstić information content (AvgIpc) is 2.58. The number of nitrogens with zero attached hydrogens (tertiary/aromatic N) is 3. The van der Waals surface area contributed by atoms with Gasteiger partial charge in [-0.2, -0.15) is 4.31 Å². The summed E-state index contributed by atoms with van der Waals surface area (Å²) >= 11 is 0. The molecule has 1 amide bonds. The van der Waals surface area contributed by atoms with Crippen molar-refractivity contribution in [1.82, 2.24) is 14.2 Å². The van der Waals surface area contributed by atoms with Crippen LogP contribution in [0.4, 0.5) is 8.78 Å². The van der Waals surface area contributed by atoms with Crippen LogP contribution in [0.1, 0.15) is 5.56 Å². The van der Waals surface area contributed by atoms with Crippen molar-refractivity contribution in [2.45, 2.75) is 11.4 Å². The second-order valence-corrected chi connectivity index (χ2v) is 7.49. The van der Waals surface area contributed by atoms with Gasteiger partial charge in [-0.3, -0.25) is 9.78 Å². The third-order valence-corrected chi connectivity index (χ3v) is 5.32. The molecule has 0 aliphatic carbocycles. The summed E-state index contributed by atoms with van der Waals surface area (Å²) in [5.41, 5.74) is 0.396. The summed E-state index contributed by atoms with van der Waals surface area (Å²) in [5, 5.41) is 0. The van der Waals surface area contributed by atoms with E-state index in [4.69, 9.17) is 0 Å². The van der Waals surface area contributed by atoms with E-state index in [2.05, 4.69) is 4.98 Å². The molecule has 0 fully saturated rings. The Morgan fingerprint density at radius 3 is 2.48 bits per heavy atom. The summed E-state index contributed by atoms with van der Waals surface area (Å²) in [6.07, 6.45) is 2.64. The Kier molecular flexibility index (Phi) is 5.81. The standard InChI is InChI=1S/C16H17F2N3O3S/c1-20(10-12-5-6-14(17)15(18)8-12)16(22)11-21(2)25(23,24)13-4-3-7-19-9-13/h3-9H,10-11H2,1-2H3. The molecule has 0 atom stereocenters. The Morgan fingerprint density at radius 2 is 1.88 bits per heavy atom. The number of aromatic nitrogens is 1. The maximum atomic E-state index is 13.2. The number of halogens is 2. The van der Waals surface area contributed by atoms with Crippen molar-refractivity contribution in [3.8, 4) is 0 Å². The Morgan fingerprint density at radius 1 is 1.16 bits per heavy atom. The van der Waals surface area contributed by atoms with Crippen molar-refractivity contribution in [2.24, 2.45) is 0 Å². The van der Waals surface area contributed by atoms with Crippen LogP contribution in [0, 0.1) is 11.6 Å². The van der Waals surface area contributed by atoms with Crippen LogP contribution in [0.2, 0.25) is 0 Å². The molecule has 0 aliphatic heterocycles. The minimum absolute atomic E-state index is 0.0199. The zero-order valence-electron chi connectivity index (χ0n) is 13.7. The molecule has 0 saturated heterocycles. The van der Waals surface area contributed by atoms with Gasteiger partial charge in [0.15, 0.2) is 11.6 Å². The molecule has 0 N–H and O–H groups in total. The van der Waals surface area contributed by atoms with Gasteiger partial charge in [0.2, 0.25) is 15.9 Å². The van der Waals surface area contributed by atoms with Gasteiger partial charge < -0.3 is 4.90 Å². The summed E-state index contributed by atoms with van der Waals surface area (Å²) in [6, 6.07) is 6.20. The summed E-state index contributed by atoms with van der Waals surface area (Å²) in [7, 11) is -1.10. The zero-order chi connectivity index (χ0) is 18.6. The zero-order valence-corrected chi connectivity index (χ0v) is 14.5. The average molecular weight is 369 g/mol. The van der Waals surface area contributed by atoms with Crippen LogP contribution < -0.4 is 0 Å². The number of carbonyl (C=O) groups is 1. The second-order valence-electron chi connectivity index (χ2n) is 5.45. The Hall–Kier alpha value is -2.39. The lowest BCUT2D eigenvalue weighted by molar-refractivity contribution is -0.130. The largest absolute Gasteiger partial charge is 0.340 e. The molecule has 1 heterocycles. The van der Waals surface area contributed by atoms with E-state index < -0.39 is 34.1 Å². The summed E-state index contributed by atoms with van der Waals surface area (Å²) in [6.45, 7) is -0.367. The molecule has 2 rings (SSSR count). The smallest absolute Gasteiger partial charge is 0.244 e. The predicted molar refractivity (Wildman–Crippen MR) is 86.9 cm³/mol. The number of pyridine rings is 1. The minimum atomic E-state index is -3.84. The van der Waals surface area contributed by atoms with Gasteiger partial charge in [0.05, 0.1) is 6.54 Å². The van der Waals surface area contributed by atoms with E-state index in [-0.39, 0.29) is 11.4 Å². The van der Waals surface area contributed by atoms with Crippen LogP contribution in [0.25, 0.3) is 0 Å². The Labute approximate surface area is 144 Å². The maximum absolute atomic E-state index is 13.2. The van der Waals surface area contributed by atoms with Crippen LogP contribution >= 0.6 is 0 Å². The number of carbonyl (C=O) groups excluding carboxylic acids is 1. The highest BCUT2D eigenvalue weighted by Gasteiger charge is 2.24. The van der Waals surface area contributed by atoms with Crippen molar-refractivity contribution in [3.63, 3.8) is 0 Å². The molecule has 134 valence electrons. The monoisotopic (exact) mass is 369 g/mol. The van der Waals surface area contributed by atoms with E-state index in [0.717, 1.165) is 16.4 Å². The van der Waals surface area contributed by atoms with Gasteiger partial charge in [0.25, 0.3) is 0 Å². The fraction of sp³-hybridized carbons (Fsp3) is 0.250. The van der Waals surface area contributed by atoms with Gasteiger partial charge >= 0.3 is 0 Å². The van der Waals surface area contributed by atoms with Crippen molar-refractivity contribution in [1.29, 1.82) is 0 Å². The van der Waals surface area contributed by atoms with Crippen molar-refractivity contribution < 1.29 is 22.0 Å². The van der Waals surface area contributed by atoms with Crippen molar-refractivity contribution in [2.75, 3.05) is 20.6 Å². The number of amides is 1. The molecule has 9 heteroatoms. The molecule has 0 unspecified atom stereocenters. The first-order valence-corrected chi connectivity index (χ1v) is 8.70. The van der Waals surface area contributed by atoms with Crippen molar-refractivity contribution >= 4 is 15.9 Å². The number of likely N-dealkylation sites (N-methyl/N-ethyl adjacent to an activating group) is 2. The first-order valence-electron chi connectivity index (χ1n) is 7.26. The molecule has 1 aromatic carbocycles. The van der Waals surface area contributed by atoms with E-state index in [9.17, 15) is 22.0 Å². The molecule has 0 bridgehead atoms. The highest BCUT2D eigenvalue weighted by molar-refractivity contribution is 7.89. The number of rotatable bonds is 6. The van der Waals surface area contributed by atoms with Gasteiger partial charge in [-0.15, -0.1) is 0 Å². The van der Waals surface area contributed by atoms with Crippen LogP contribution in [-0.2, 0) is 21.4 Å². The van der Waals surface area contributed by atoms with Gasteiger partial charge in [0.1, 0.15) is 4.90 Å². The lowest BCUT2D eigenvalue weighted by Gasteiger charge is -2.22. The molecular formula is C16H17F2N3O3S. The predicted octanol–water partition coefficient (Wildman–Crippen LogP) is 1.64. The summed E-state index contributed by atoms with van der Waals surface area (Å²) in [4.78, 5) is 17.2. The quantitative estimate of drug-likeness (QED) is 0.776. The SMILES string of the molecule is CN(Cc1ccc(F)c(F)c1)C(=O)CN(C)S(=O)(=O)c1cccnc1. The highest BCUT2D eigenvalue weighted by atomic mass is 32.2. The van der Waals surface area contributed by atoms with Gasteiger partial charge in [-0.25, -0.2) is 17.2 Å². The number of benzene rings is 1. The molecule has 0 aliphatic rings. The lowest BCUT2D eigenvalue weighted by atomic mass is 10.2. The Bertz CT molecular complexity index is 860. The maximum Gasteiger partial charge on any atom is 0.244 e. The van der Waals surface area contributed by atoms with E-state index in [1.807, 2.05) is 0 Å². The van der Waals surface area contributed by atoms with Crippen LogP contribution in [0.5, 0.6) is 0 Å². The number of sulfonamides is 1. The van der Waals surface area contributed by atoms with E-state index >= 15 is 0 Å². The normalized spacial score (nSPS) is 11.6. The molecule has 0 radical (unpaired) electrons. The highest BCUT2D eigenvalue weighted by Crippen LogP contribution is 2.14. The van der Waals surface area contributed by atoms with Crippen molar-refractivity contribution in [3.05, 3.63) is 59.9 Å². The molecule has 0 saturated carbocycles. The molecule has 2 aromatic rings. The molecule has 6 nitrogen and oxygen atoms in total. The number of hydrogen-bond donors (Lipinski definition) is 0. The van der Waals surface area contributed by atoms with E-state index in [1.54, 1.807) is 0 Å². The van der Waals surface area contributed by atoms with Crippen LogP contribution in [-0.4, -0.2) is 49.2 Å². The van der Waals surface area contributed by atoms with Gasteiger partial charge in [-0.1, -0.05) is 6.07 Å². The first-order chi connectivity index (χ1) is 11.7. The summed E-state index contributed by atoms with van der Waals surface area (Å²) < 4.78 is 51.8. The molecular weight excluding hydrogens is 352 g/mol. The van der Waals surface area contributed by atoms with E-state index in [0.29, 0.717) is 5.56 Å².